The quantitative estimate of drug-likeness (QED) is 0.625. The summed E-state index contributed by atoms with van der Waals surface area (Å²) in [4.78, 5) is 26.9. The van der Waals surface area contributed by atoms with Crippen molar-refractivity contribution < 1.29 is 14.3 Å². The second-order valence-electron chi connectivity index (χ2n) is 7.74. The standard InChI is InChI=1S/C24H27N3O3/c1-30-14-13-26-12-10-19-15-21(7-8-22(19)26)25-24(29)20-16-23(28)27(17-20)11-9-18-5-3-2-4-6-18/h2-8,10,12,15,20H,9,11,13-14,16-17H2,1H3,(H,25,29). The highest BCUT2D eigenvalue weighted by atomic mass is 16.5. The van der Waals surface area contributed by atoms with E-state index in [9.17, 15) is 9.59 Å². The van der Waals surface area contributed by atoms with E-state index in [0.29, 0.717) is 19.7 Å². The van der Waals surface area contributed by atoms with Gasteiger partial charge in [0, 0.05) is 56.0 Å². The molecule has 1 aliphatic rings. The predicted octanol–water partition coefficient (Wildman–Crippen LogP) is 3.32. The minimum Gasteiger partial charge on any atom is -0.383 e. The molecule has 0 bridgehead atoms. The topological polar surface area (TPSA) is 63.6 Å². The normalized spacial score (nSPS) is 16.4. The molecule has 0 aliphatic carbocycles. The van der Waals surface area contributed by atoms with Crippen LogP contribution in [0.3, 0.4) is 0 Å². The van der Waals surface area contributed by atoms with Gasteiger partial charge in [-0.15, -0.1) is 0 Å². The number of ether oxygens (including phenoxy) is 1. The van der Waals surface area contributed by atoms with Crippen LogP contribution >= 0.6 is 0 Å². The fourth-order valence-electron chi connectivity index (χ4n) is 3.98. The van der Waals surface area contributed by atoms with Gasteiger partial charge in [0.2, 0.25) is 11.8 Å². The van der Waals surface area contributed by atoms with Crippen LogP contribution < -0.4 is 5.32 Å². The van der Waals surface area contributed by atoms with Crippen molar-refractivity contribution in [3.8, 4) is 0 Å². The van der Waals surface area contributed by atoms with Crippen LogP contribution in [0.1, 0.15) is 12.0 Å². The average molecular weight is 405 g/mol. The molecular weight excluding hydrogens is 378 g/mol. The number of methoxy groups -OCH3 is 1. The summed E-state index contributed by atoms with van der Waals surface area (Å²) in [5.41, 5.74) is 3.06. The average Bonchev–Trinajstić information content (AvgIpc) is 3.34. The molecule has 1 aromatic heterocycles. The van der Waals surface area contributed by atoms with Crippen LogP contribution in [-0.4, -0.2) is 48.1 Å². The van der Waals surface area contributed by atoms with Crippen LogP contribution in [0, 0.1) is 5.92 Å². The van der Waals surface area contributed by atoms with Crippen molar-refractivity contribution in [2.75, 3.05) is 32.1 Å². The lowest BCUT2D eigenvalue weighted by molar-refractivity contribution is -0.128. The summed E-state index contributed by atoms with van der Waals surface area (Å²) in [6.45, 7) is 2.56. The van der Waals surface area contributed by atoms with Crippen LogP contribution in [0.2, 0.25) is 0 Å². The summed E-state index contributed by atoms with van der Waals surface area (Å²) in [7, 11) is 1.69. The Morgan fingerprint density at radius 2 is 1.97 bits per heavy atom. The number of likely N-dealkylation sites (tertiary alicyclic amines) is 1. The molecule has 1 N–H and O–H groups in total. The zero-order valence-corrected chi connectivity index (χ0v) is 17.2. The largest absolute Gasteiger partial charge is 0.383 e. The Morgan fingerprint density at radius 1 is 1.13 bits per heavy atom. The van der Waals surface area contributed by atoms with Gasteiger partial charge in [0.1, 0.15) is 0 Å². The summed E-state index contributed by atoms with van der Waals surface area (Å²) in [5, 5.41) is 4.06. The van der Waals surface area contributed by atoms with Crippen molar-refractivity contribution in [3.63, 3.8) is 0 Å². The SMILES string of the molecule is COCCn1ccc2cc(NC(=O)C3CC(=O)N(CCc4ccccc4)C3)ccc21. The third kappa shape index (κ3) is 4.54. The van der Waals surface area contributed by atoms with E-state index in [0.717, 1.165) is 29.6 Å². The minimum absolute atomic E-state index is 0.0525. The summed E-state index contributed by atoms with van der Waals surface area (Å²) >= 11 is 0. The zero-order chi connectivity index (χ0) is 20.9. The van der Waals surface area contributed by atoms with E-state index < -0.39 is 0 Å². The van der Waals surface area contributed by atoms with Gasteiger partial charge in [-0.25, -0.2) is 0 Å². The van der Waals surface area contributed by atoms with E-state index in [-0.39, 0.29) is 24.2 Å². The number of aromatic nitrogens is 1. The second-order valence-corrected chi connectivity index (χ2v) is 7.74. The van der Waals surface area contributed by atoms with Crippen molar-refractivity contribution >= 4 is 28.4 Å². The molecule has 6 heteroatoms. The lowest BCUT2D eigenvalue weighted by Gasteiger charge is -2.16. The van der Waals surface area contributed by atoms with Crippen LogP contribution in [0.15, 0.2) is 60.8 Å². The van der Waals surface area contributed by atoms with Gasteiger partial charge in [-0.2, -0.15) is 0 Å². The Morgan fingerprint density at radius 3 is 2.77 bits per heavy atom. The smallest absolute Gasteiger partial charge is 0.229 e. The van der Waals surface area contributed by atoms with Crippen molar-refractivity contribution in [1.29, 1.82) is 0 Å². The molecule has 2 aromatic carbocycles. The molecule has 1 aliphatic heterocycles. The second kappa shape index (κ2) is 9.13. The summed E-state index contributed by atoms with van der Waals surface area (Å²) in [6.07, 6.45) is 3.10. The van der Waals surface area contributed by atoms with Crippen molar-refractivity contribution in [1.82, 2.24) is 9.47 Å². The van der Waals surface area contributed by atoms with E-state index in [2.05, 4.69) is 22.0 Å². The first kappa shape index (κ1) is 20.2. The number of carbonyl (C=O) groups excluding carboxylic acids is 2. The molecule has 3 aromatic rings. The highest BCUT2D eigenvalue weighted by Crippen LogP contribution is 2.23. The fraction of sp³-hybridized carbons (Fsp3) is 0.333. The Balaban J connectivity index is 1.35. The maximum atomic E-state index is 12.8. The van der Waals surface area contributed by atoms with Gasteiger partial charge in [-0.05, 0) is 36.2 Å². The van der Waals surface area contributed by atoms with Crippen LogP contribution in [-0.2, 0) is 27.3 Å². The minimum atomic E-state index is -0.310. The molecule has 1 saturated heterocycles. The number of nitrogens with zero attached hydrogens (tertiary/aromatic N) is 2. The predicted molar refractivity (Wildman–Crippen MR) is 117 cm³/mol. The first-order chi connectivity index (χ1) is 14.6. The van der Waals surface area contributed by atoms with Crippen LogP contribution in [0.4, 0.5) is 5.69 Å². The van der Waals surface area contributed by atoms with E-state index in [4.69, 9.17) is 4.74 Å². The molecule has 2 heterocycles. The van der Waals surface area contributed by atoms with Gasteiger partial charge in [0.05, 0.1) is 12.5 Å². The van der Waals surface area contributed by atoms with Crippen molar-refractivity contribution in [3.05, 3.63) is 66.4 Å². The molecule has 30 heavy (non-hydrogen) atoms. The number of anilines is 1. The first-order valence-electron chi connectivity index (χ1n) is 10.3. The molecule has 0 spiro atoms. The Labute approximate surface area is 176 Å². The zero-order valence-electron chi connectivity index (χ0n) is 17.2. The van der Waals surface area contributed by atoms with E-state index in [1.54, 1.807) is 12.0 Å². The number of hydrogen-bond donors (Lipinski definition) is 1. The number of hydrogen-bond acceptors (Lipinski definition) is 3. The van der Waals surface area contributed by atoms with E-state index in [1.165, 1.54) is 5.56 Å². The molecule has 1 fully saturated rings. The molecular formula is C24H27N3O3. The third-order valence-electron chi connectivity index (χ3n) is 5.67. The van der Waals surface area contributed by atoms with Crippen molar-refractivity contribution in [2.45, 2.75) is 19.4 Å². The molecule has 1 unspecified atom stereocenters. The fourth-order valence-corrected chi connectivity index (χ4v) is 3.98. The Hall–Kier alpha value is -3.12. The lowest BCUT2D eigenvalue weighted by Crippen LogP contribution is -2.30. The third-order valence-corrected chi connectivity index (χ3v) is 5.67. The maximum Gasteiger partial charge on any atom is 0.229 e. The van der Waals surface area contributed by atoms with Crippen LogP contribution in [0.5, 0.6) is 0 Å². The first-order valence-corrected chi connectivity index (χ1v) is 10.3. The molecule has 0 saturated carbocycles. The van der Waals surface area contributed by atoms with Gasteiger partial charge in [0.15, 0.2) is 0 Å². The maximum absolute atomic E-state index is 12.8. The summed E-state index contributed by atoms with van der Waals surface area (Å²) < 4.78 is 7.28. The van der Waals surface area contributed by atoms with Gasteiger partial charge in [-0.1, -0.05) is 30.3 Å². The summed E-state index contributed by atoms with van der Waals surface area (Å²) in [6, 6.07) is 18.0. The van der Waals surface area contributed by atoms with Crippen LogP contribution in [0.25, 0.3) is 10.9 Å². The summed E-state index contributed by atoms with van der Waals surface area (Å²) in [5.74, 6) is -0.351. The monoisotopic (exact) mass is 405 g/mol. The number of rotatable bonds is 8. The van der Waals surface area contributed by atoms with Gasteiger partial charge >= 0.3 is 0 Å². The highest BCUT2D eigenvalue weighted by molar-refractivity contribution is 5.98. The number of benzene rings is 2. The highest BCUT2D eigenvalue weighted by Gasteiger charge is 2.34. The molecule has 6 nitrogen and oxygen atoms in total. The molecule has 4 rings (SSSR count). The Kier molecular flexibility index (Phi) is 6.14. The van der Waals surface area contributed by atoms with Crippen molar-refractivity contribution in [2.24, 2.45) is 5.92 Å². The molecule has 2 amide bonds. The van der Waals surface area contributed by atoms with Gasteiger partial charge in [0.25, 0.3) is 0 Å². The van der Waals surface area contributed by atoms with E-state index >= 15 is 0 Å². The number of carbonyl (C=O) groups is 2. The van der Waals surface area contributed by atoms with E-state index in [1.807, 2.05) is 48.7 Å². The molecule has 156 valence electrons. The molecule has 1 atom stereocenters. The molecule has 0 radical (unpaired) electrons. The number of amides is 2. The van der Waals surface area contributed by atoms with Gasteiger partial charge < -0.3 is 19.5 Å². The van der Waals surface area contributed by atoms with Gasteiger partial charge in [-0.3, -0.25) is 9.59 Å². The number of fused-ring (bicyclic) bond motifs is 1. The Bertz CT molecular complexity index is 1030. The lowest BCUT2D eigenvalue weighted by atomic mass is 10.1. The number of nitrogens with one attached hydrogen (secondary N) is 1.